The Labute approximate surface area is 217 Å². The number of carbonyl (C=O) groups excluding carboxylic acids is 1. The van der Waals surface area contributed by atoms with Crippen LogP contribution in [-0.4, -0.2) is 12.0 Å². The molecular weight excluding hydrogens is 471 g/mol. The van der Waals surface area contributed by atoms with Gasteiger partial charge in [0.25, 0.3) is 0 Å². The maximum Gasteiger partial charge on any atom is 0.417 e. The third-order valence-electron chi connectivity index (χ3n) is 8.10. The van der Waals surface area contributed by atoms with Crippen LogP contribution in [0, 0.1) is 17.2 Å². The van der Waals surface area contributed by atoms with Crippen molar-refractivity contribution in [3.05, 3.63) is 106 Å². The van der Waals surface area contributed by atoms with Crippen molar-refractivity contribution in [3.63, 3.8) is 0 Å². The molecule has 0 radical (unpaired) electrons. The maximum atomic E-state index is 14.0. The molecule has 1 aliphatic rings. The molecule has 4 rings (SSSR count). The van der Waals surface area contributed by atoms with Gasteiger partial charge in [0, 0.05) is 22.9 Å². The molecule has 5 heteroatoms. The van der Waals surface area contributed by atoms with Crippen LogP contribution in [-0.2, 0) is 6.18 Å². The highest BCUT2D eigenvalue weighted by molar-refractivity contribution is 6.13. The summed E-state index contributed by atoms with van der Waals surface area (Å²) in [5.74, 6) is 0.699. The van der Waals surface area contributed by atoms with Gasteiger partial charge in [0.15, 0.2) is 5.78 Å². The first kappa shape index (κ1) is 26.8. The molecule has 0 heterocycles. The van der Waals surface area contributed by atoms with E-state index in [1.807, 2.05) is 6.07 Å². The van der Waals surface area contributed by atoms with E-state index in [1.165, 1.54) is 17.7 Å². The van der Waals surface area contributed by atoms with Gasteiger partial charge in [-0.25, -0.2) is 0 Å². The Bertz CT molecular complexity index is 1230. The maximum absolute atomic E-state index is 14.0. The number of alkyl halides is 3. The molecule has 2 nitrogen and oxygen atoms in total. The van der Waals surface area contributed by atoms with E-state index in [0.717, 1.165) is 49.9 Å². The smallest absolute Gasteiger partial charge is 0.308 e. The van der Waals surface area contributed by atoms with Crippen molar-refractivity contribution < 1.29 is 18.0 Å². The molecule has 0 saturated heterocycles. The normalized spacial score (nSPS) is 22.3. The lowest BCUT2D eigenvalue weighted by molar-refractivity contribution is -0.137. The van der Waals surface area contributed by atoms with E-state index in [4.69, 9.17) is 5.41 Å². The molecule has 4 atom stereocenters. The van der Waals surface area contributed by atoms with Gasteiger partial charge in [0.2, 0.25) is 0 Å². The molecule has 0 spiro atoms. The van der Waals surface area contributed by atoms with E-state index in [9.17, 15) is 18.0 Å². The van der Waals surface area contributed by atoms with E-state index < -0.39 is 17.5 Å². The van der Waals surface area contributed by atoms with E-state index in [0.29, 0.717) is 23.3 Å². The fourth-order valence-electron chi connectivity index (χ4n) is 6.12. The van der Waals surface area contributed by atoms with Crippen molar-refractivity contribution in [1.82, 2.24) is 0 Å². The van der Waals surface area contributed by atoms with Crippen molar-refractivity contribution in [2.45, 2.75) is 64.0 Å². The fraction of sp³-hybridized carbons (Fsp3) is 0.375. The Morgan fingerprint density at radius 3 is 2.32 bits per heavy atom. The van der Waals surface area contributed by atoms with Gasteiger partial charge in [-0.1, -0.05) is 87.4 Å². The van der Waals surface area contributed by atoms with E-state index >= 15 is 0 Å². The SMILES string of the molecule is CCC[C@H]1C[C@H](c2ccc(C(F)(F)F)c(C(=O)c3ccccc3C=N)c2)CC[C@@H](c2ccccc2)[C@@H]1C. The molecule has 0 bridgehead atoms. The standard InChI is InChI=1S/C32H34F3NO/c1-3-9-23-18-24(14-16-27(21(23)2)22-10-5-4-6-11-22)25-15-17-30(32(33,34)35)29(19-25)31(37)28-13-8-7-12-26(28)20-36/h4-8,10-13,15,17,19-21,23-24,27,36H,3,9,14,16,18H2,1-2H3/t21-,23+,24-,27-/m1/s1. The molecule has 0 amide bonds. The van der Waals surface area contributed by atoms with Gasteiger partial charge in [0.05, 0.1) is 5.56 Å². The van der Waals surface area contributed by atoms with Crippen LogP contribution < -0.4 is 0 Å². The van der Waals surface area contributed by atoms with Crippen LogP contribution in [0.1, 0.15) is 96.0 Å². The molecule has 1 N–H and O–H groups in total. The monoisotopic (exact) mass is 505 g/mol. The second-order valence-corrected chi connectivity index (χ2v) is 10.3. The lowest BCUT2D eigenvalue weighted by atomic mass is 9.76. The van der Waals surface area contributed by atoms with Gasteiger partial charge in [-0.2, -0.15) is 13.2 Å². The van der Waals surface area contributed by atoms with Gasteiger partial charge < -0.3 is 5.41 Å². The van der Waals surface area contributed by atoms with Crippen LogP contribution in [0.3, 0.4) is 0 Å². The van der Waals surface area contributed by atoms with Crippen LogP contribution in [0.2, 0.25) is 0 Å². The molecule has 37 heavy (non-hydrogen) atoms. The first-order valence-corrected chi connectivity index (χ1v) is 13.1. The highest BCUT2D eigenvalue weighted by Gasteiger charge is 2.37. The van der Waals surface area contributed by atoms with Gasteiger partial charge >= 0.3 is 6.18 Å². The number of ketones is 1. The van der Waals surface area contributed by atoms with Gasteiger partial charge in [-0.3, -0.25) is 4.79 Å². The van der Waals surface area contributed by atoms with Crippen molar-refractivity contribution in [2.75, 3.05) is 0 Å². The molecule has 1 aliphatic carbocycles. The Kier molecular flexibility index (Phi) is 8.31. The average Bonchev–Trinajstić information content (AvgIpc) is 3.07. The summed E-state index contributed by atoms with van der Waals surface area (Å²) in [6.07, 6.45) is 1.20. The van der Waals surface area contributed by atoms with Crippen molar-refractivity contribution in [2.24, 2.45) is 11.8 Å². The second-order valence-electron chi connectivity index (χ2n) is 10.3. The average molecular weight is 506 g/mol. The molecule has 0 aromatic heterocycles. The zero-order chi connectivity index (χ0) is 26.6. The summed E-state index contributed by atoms with van der Waals surface area (Å²) < 4.78 is 42.0. The first-order valence-electron chi connectivity index (χ1n) is 13.1. The zero-order valence-corrected chi connectivity index (χ0v) is 21.4. The number of halogens is 3. The summed E-state index contributed by atoms with van der Waals surface area (Å²) in [4.78, 5) is 13.4. The van der Waals surface area contributed by atoms with Crippen LogP contribution in [0.4, 0.5) is 13.2 Å². The minimum atomic E-state index is -4.65. The highest BCUT2D eigenvalue weighted by Crippen LogP contribution is 2.47. The van der Waals surface area contributed by atoms with Crippen LogP contribution in [0.25, 0.3) is 0 Å². The van der Waals surface area contributed by atoms with Crippen molar-refractivity contribution >= 4 is 12.0 Å². The lowest BCUT2D eigenvalue weighted by Gasteiger charge is -2.29. The van der Waals surface area contributed by atoms with Gasteiger partial charge in [0.1, 0.15) is 0 Å². The third-order valence-corrected chi connectivity index (χ3v) is 8.10. The largest absolute Gasteiger partial charge is 0.417 e. The number of hydrogen-bond acceptors (Lipinski definition) is 2. The number of rotatable bonds is 7. The predicted octanol–water partition coefficient (Wildman–Crippen LogP) is 9.04. The molecule has 3 aromatic rings. The summed E-state index contributed by atoms with van der Waals surface area (Å²) in [7, 11) is 0. The Balaban J connectivity index is 1.74. The van der Waals surface area contributed by atoms with E-state index in [-0.39, 0.29) is 17.0 Å². The topological polar surface area (TPSA) is 40.9 Å². The number of benzene rings is 3. The van der Waals surface area contributed by atoms with Crippen LogP contribution in [0.5, 0.6) is 0 Å². The minimum absolute atomic E-state index is 0.0829. The first-order chi connectivity index (χ1) is 17.7. The number of hydrogen-bond donors (Lipinski definition) is 1. The lowest BCUT2D eigenvalue weighted by Crippen LogP contribution is -2.19. The predicted molar refractivity (Wildman–Crippen MR) is 143 cm³/mol. The molecule has 3 aromatic carbocycles. The summed E-state index contributed by atoms with van der Waals surface area (Å²) in [6.45, 7) is 4.50. The molecular formula is C32H34F3NO. The summed E-state index contributed by atoms with van der Waals surface area (Å²) in [5.41, 5.74) is 1.29. The van der Waals surface area contributed by atoms with E-state index in [1.54, 1.807) is 24.3 Å². The number of carbonyl (C=O) groups is 1. The van der Waals surface area contributed by atoms with E-state index in [2.05, 4.69) is 38.1 Å². The fourth-order valence-corrected chi connectivity index (χ4v) is 6.12. The van der Waals surface area contributed by atoms with Crippen LogP contribution >= 0.6 is 0 Å². The minimum Gasteiger partial charge on any atom is -0.308 e. The highest BCUT2D eigenvalue weighted by atomic mass is 19.4. The van der Waals surface area contributed by atoms with Gasteiger partial charge in [-0.05, 0) is 66.2 Å². The second kappa shape index (κ2) is 11.5. The molecule has 1 fully saturated rings. The zero-order valence-electron chi connectivity index (χ0n) is 21.4. The Morgan fingerprint density at radius 1 is 0.946 bits per heavy atom. The number of nitrogens with one attached hydrogen (secondary N) is 1. The summed E-state index contributed by atoms with van der Waals surface area (Å²) in [6, 6.07) is 21.0. The molecule has 0 aliphatic heterocycles. The van der Waals surface area contributed by atoms with Gasteiger partial charge in [-0.15, -0.1) is 0 Å². The Morgan fingerprint density at radius 2 is 1.65 bits per heavy atom. The van der Waals surface area contributed by atoms with Crippen molar-refractivity contribution in [3.8, 4) is 0 Å². The summed E-state index contributed by atoms with van der Waals surface area (Å²) >= 11 is 0. The quantitative estimate of drug-likeness (QED) is 0.194. The molecule has 0 unspecified atom stereocenters. The van der Waals surface area contributed by atoms with Crippen LogP contribution in [0.15, 0.2) is 72.8 Å². The van der Waals surface area contributed by atoms with Crippen molar-refractivity contribution in [1.29, 1.82) is 5.41 Å². The molecule has 194 valence electrons. The molecule has 1 saturated carbocycles. The Hall–Kier alpha value is -3.21. The summed E-state index contributed by atoms with van der Waals surface area (Å²) in [5, 5.41) is 7.61. The third kappa shape index (κ3) is 5.87.